The molecule has 0 fully saturated rings. The molecule has 3 aliphatic rings. The maximum Gasteiger partial charge on any atom is 2.00 e. The average molecular weight is 840 g/mol. The van der Waals surface area contributed by atoms with Crippen molar-refractivity contribution in [3.63, 3.8) is 0 Å². The molecule has 0 aromatic carbocycles. The molecule has 2 aliphatic heterocycles. The fraction of sp³-hybridized carbons (Fsp3) is 0.569. The molecule has 61 heavy (non-hydrogen) atoms. The summed E-state index contributed by atoms with van der Waals surface area (Å²) in [6, 6.07) is 0. The van der Waals surface area contributed by atoms with Gasteiger partial charge in [0.25, 0.3) is 0 Å². The Kier molecular flexibility index (Phi) is 16.6. The topological polar surface area (TPSA) is 124 Å². The third kappa shape index (κ3) is 10.2. The summed E-state index contributed by atoms with van der Waals surface area (Å²) >= 11 is 0. The zero-order chi connectivity index (χ0) is 43.4. The van der Waals surface area contributed by atoms with Crippen molar-refractivity contribution in [1.29, 1.82) is 0 Å². The summed E-state index contributed by atoms with van der Waals surface area (Å²) in [7, 11) is 1.31. The molecule has 5 heterocycles. The van der Waals surface area contributed by atoms with Crippen LogP contribution in [0.4, 0.5) is 0 Å². The van der Waals surface area contributed by atoms with Gasteiger partial charge in [-0.3, -0.25) is 19.4 Å². The van der Waals surface area contributed by atoms with Crippen LogP contribution in [0.1, 0.15) is 173 Å². The average Bonchev–Trinajstić information content (AvgIpc) is 3.97. The Balaban J connectivity index is 0.00000704. The second kappa shape index (κ2) is 21.0. The maximum atomic E-state index is 14.4. The van der Waals surface area contributed by atoms with E-state index in [0.717, 1.165) is 87.6 Å². The van der Waals surface area contributed by atoms with Crippen molar-refractivity contribution in [1.82, 2.24) is 15.0 Å². The molecular weight excluding hydrogens is 773 g/mol. The zero-order valence-electron chi connectivity index (χ0n) is 38.8. The summed E-state index contributed by atoms with van der Waals surface area (Å²) in [5, 5.41) is 1.68. The third-order valence-corrected chi connectivity index (χ3v) is 13.9. The van der Waals surface area contributed by atoms with Crippen LogP contribution in [-0.4, -0.2) is 60.2 Å². The van der Waals surface area contributed by atoms with E-state index in [1.807, 2.05) is 25.2 Å². The molecule has 0 N–H and O–H groups in total. The van der Waals surface area contributed by atoms with Crippen molar-refractivity contribution in [2.75, 3.05) is 13.7 Å². The molecule has 0 saturated heterocycles. The molecule has 9 nitrogen and oxygen atoms in total. The van der Waals surface area contributed by atoms with Gasteiger partial charge in [0.1, 0.15) is 12.5 Å². The molecule has 0 spiro atoms. The number of aromatic nitrogens is 3. The van der Waals surface area contributed by atoms with E-state index in [0.29, 0.717) is 34.6 Å². The van der Waals surface area contributed by atoms with Crippen molar-refractivity contribution in [3.05, 3.63) is 84.2 Å². The number of Topliss-reactive ketones (excluding diaryl/α,β-unsaturated/α-hetero) is 1. The van der Waals surface area contributed by atoms with Gasteiger partial charge in [-0.25, -0.2) is 0 Å². The zero-order valence-corrected chi connectivity index (χ0v) is 40.2. The van der Waals surface area contributed by atoms with Crippen LogP contribution in [0.3, 0.4) is 0 Å². The van der Waals surface area contributed by atoms with Gasteiger partial charge in [0.2, 0.25) is 0 Å². The Morgan fingerprint density at radius 2 is 1.51 bits per heavy atom. The fourth-order valence-electron chi connectivity index (χ4n) is 9.75. The number of hydrogen-bond acceptors (Lipinski definition) is 6. The summed E-state index contributed by atoms with van der Waals surface area (Å²) in [5.41, 5.74) is 11.3. The number of hydrogen-bond donors (Lipinski definition) is 0. The number of allylic oxidation sites excluding steroid dienone is 2. The van der Waals surface area contributed by atoms with Crippen LogP contribution < -0.4 is 25.7 Å². The summed E-state index contributed by atoms with van der Waals surface area (Å²) in [4.78, 5) is 62.0. The van der Waals surface area contributed by atoms with Gasteiger partial charge < -0.3 is 24.4 Å². The van der Waals surface area contributed by atoms with Gasteiger partial charge in [0.15, 0.2) is 5.78 Å². The number of fused-ring (bicyclic) bond motifs is 7. The first-order valence-electron chi connectivity index (χ1n) is 22.6. The van der Waals surface area contributed by atoms with E-state index in [9.17, 15) is 14.4 Å². The smallest absolute Gasteiger partial charge is 0.660 e. The van der Waals surface area contributed by atoms with Crippen molar-refractivity contribution in [2.45, 2.75) is 146 Å². The summed E-state index contributed by atoms with van der Waals surface area (Å²) < 4.78 is 11.1. The van der Waals surface area contributed by atoms with Crippen LogP contribution in [-0.2, 0) is 31.9 Å². The van der Waals surface area contributed by atoms with Crippen molar-refractivity contribution >= 4 is 64.7 Å². The Morgan fingerprint density at radius 3 is 2.20 bits per heavy atom. The number of carbonyl (C=O) groups excluding carboxylic acids is 3. The first-order chi connectivity index (χ1) is 28.7. The van der Waals surface area contributed by atoms with Crippen LogP contribution in [0.25, 0.3) is 18.2 Å². The molecule has 8 bridgehead atoms. The Morgan fingerprint density at radius 1 is 0.836 bits per heavy atom. The van der Waals surface area contributed by atoms with E-state index in [1.54, 1.807) is 0 Å². The number of rotatable bonds is 17. The van der Waals surface area contributed by atoms with E-state index in [1.165, 1.54) is 44.8 Å². The maximum absolute atomic E-state index is 14.4. The van der Waals surface area contributed by atoms with Gasteiger partial charge in [-0.05, 0) is 77.7 Å². The molecule has 0 radical (unpaired) electrons. The van der Waals surface area contributed by atoms with Crippen LogP contribution in [0.2, 0.25) is 0 Å². The van der Waals surface area contributed by atoms with Crippen LogP contribution in [0, 0.1) is 50.4 Å². The first kappa shape index (κ1) is 48.1. The molecule has 10 heteroatoms. The number of ketones is 1. The van der Waals surface area contributed by atoms with Gasteiger partial charge in [0, 0.05) is 41.1 Å². The molecule has 3 aromatic heterocycles. The van der Waals surface area contributed by atoms with Crippen LogP contribution in [0.15, 0.2) is 22.3 Å². The standard InChI is InChI=1S/C51H68N4O5.Mg/c1-12-28(4)17-15-18-29(5)19-16-20-30(6)23-24-60-44(56)22-21-37-33(9)40-25-38-31(7)35(13-2)42(52-38)26-39-32(8)36(14-3)43(53-39)27-41-34(10)45-49(55-41)46(48(37)54-40)47(50(45)57)51(58)59-11;/h23,25-29,33,37,46-47H,12-22,24H2,1-11H3,(H,55,57);/q-2;+2/p-1/b30-23+,39-26-,40-25-,43-27-;/t28-,29-,33+,37+,46?,47-;/m1./s1. The summed E-state index contributed by atoms with van der Waals surface area (Å²) in [6.07, 6.45) is 18.8. The van der Waals surface area contributed by atoms with Crippen molar-refractivity contribution in [2.24, 2.45) is 34.6 Å². The molecule has 3 aromatic rings. The predicted molar refractivity (Wildman–Crippen MR) is 245 cm³/mol. The van der Waals surface area contributed by atoms with E-state index < -0.39 is 17.8 Å². The summed E-state index contributed by atoms with van der Waals surface area (Å²) in [6.45, 7) is 21.8. The van der Waals surface area contributed by atoms with Gasteiger partial charge in [-0.1, -0.05) is 125 Å². The number of methoxy groups -OCH3 is 1. The van der Waals surface area contributed by atoms with Gasteiger partial charge >= 0.3 is 35.0 Å². The Hall–Kier alpha value is -3.89. The quantitative estimate of drug-likeness (QED) is 0.0576. The molecule has 0 saturated carbocycles. The van der Waals surface area contributed by atoms with Crippen LogP contribution in [0.5, 0.6) is 0 Å². The minimum absolute atomic E-state index is 0. The minimum Gasteiger partial charge on any atom is -0.660 e. The van der Waals surface area contributed by atoms with Crippen molar-refractivity contribution < 1.29 is 23.9 Å². The first-order valence-corrected chi connectivity index (χ1v) is 22.6. The molecule has 6 rings (SSSR count). The second-order valence-electron chi connectivity index (χ2n) is 17.9. The van der Waals surface area contributed by atoms with Crippen LogP contribution >= 0.6 is 0 Å². The number of esters is 2. The Bertz CT molecular complexity index is 2320. The van der Waals surface area contributed by atoms with Crippen molar-refractivity contribution in [3.8, 4) is 0 Å². The third-order valence-electron chi connectivity index (χ3n) is 13.9. The van der Waals surface area contributed by atoms with E-state index in [-0.39, 0.29) is 59.7 Å². The largest absolute Gasteiger partial charge is 2.00 e. The number of nitrogens with zero attached hydrogens (tertiary/aromatic N) is 4. The Labute approximate surface area is 380 Å². The fourth-order valence-corrected chi connectivity index (χ4v) is 9.75. The molecule has 1 unspecified atom stereocenters. The van der Waals surface area contributed by atoms with E-state index in [2.05, 4.69) is 68.4 Å². The monoisotopic (exact) mass is 839 g/mol. The normalized spacial score (nSPS) is 22.3. The van der Waals surface area contributed by atoms with Gasteiger partial charge in [-0.2, -0.15) is 0 Å². The molecule has 0 amide bonds. The predicted octanol–water partition coefficient (Wildman–Crippen LogP) is 8.31. The summed E-state index contributed by atoms with van der Waals surface area (Å²) in [5.74, 6) is -1.92. The number of ether oxygens (including phenoxy) is 2. The minimum atomic E-state index is -1.12. The molecule has 1 aliphatic carbocycles. The van der Waals surface area contributed by atoms with Gasteiger partial charge in [-0.15, -0.1) is 33.5 Å². The number of carbonyl (C=O) groups is 3. The molecular formula is C51H67MgN4O5-. The van der Waals surface area contributed by atoms with Gasteiger partial charge in [0.05, 0.1) is 7.11 Å². The molecule has 6 atom stereocenters. The second-order valence-corrected chi connectivity index (χ2v) is 17.9. The SMILES string of the molecule is CCc1c2[n-]c(c1C)/C=C1\N=C(C3c4[n-]c(c(C)c4C(=O)[C@@H]3C(=O)OC)/C=c3\[n-]/c(c(C)c3CC)=C\2)[C@@H](CCC(=O)OC/C=C(\C)CCC[C@H](C)CCC[C@H](C)CC)[C@@H]1C.[Mg+2]. The van der Waals surface area contributed by atoms with E-state index in [4.69, 9.17) is 29.4 Å². The molecule has 324 valence electrons. The number of aliphatic imine (C=N–C) groups is 1. The van der Waals surface area contributed by atoms with E-state index >= 15 is 0 Å².